The van der Waals surface area contributed by atoms with Crippen LogP contribution in [-0.2, 0) is 21.1 Å². The number of likely N-dealkylation sites (tertiary alicyclic amines) is 1. The highest BCUT2D eigenvalue weighted by Crippen LogP contribution is 2.21. The molecule has 8 heteroatoms. The summed E-state index contributed by atoms with van der Waals surface area (Å²) in [4.78, 5) is 13.6. The lowest BCUT2D eigenvalue weighted by Crippen LogP contribution is -2.43. The first-order valence-corrected chi connectivity index (χ1v) is 9.41. The lowest BCUT2D eigenvalue weighted by molar-refractivity contribution is -0.131. The molecule has 1 heterocycles. The maximum Gasteiger partial charge on any atom is 0.341 e. The molecule has 2 rings (SSSR count). The van der Waals surface area contributed by atoms with Gasteiger partial charge in [-0.2, -0.15) is 8.78 Å². The number of alkyl halides is 2. The van der Waals surface area contributed by atoms with Crippen molar-refractivity contribution < 1.29 is 22.0 Å². The number of sulfone groups is 1. The molecule has 1 saturated heterocycles. The van der Waals surface area contributed by atoms with Gasteiger partial charge in [-0.25, -0.2) is 8.42 Å². The molecule has 0 aliphatic carbocycles. The minimum atomic E-state index is -4.60. The second-order valence-electron chi connectivity index (χ2n) is 6.20. The minimum Gasteiger partial charge on any atom is -0.342 e. The van der Waals surface area contributed by atoms with Gasteiger partial charge in [0.05, 0.1) is 11.3 Å². The number of halogens is 2. The molecule has 0 spiro atoms. The molecule has 1 aliphatic rings. The summed E-state index contributed by atoms with van der Waals surface area (Å²) < 4.78 is 47.7. The fourth-order valence-electron chi connectivity index (χ4n) is 2.86. The molecule has 1 atom stereocenters. The van der Waals surface area contributed by atoms with E-state index in [-0.39, 0.29) is 18.4 Å². The van der Waals surface area contributed by atoms with Crippen LogP contribution in [0, 0.1) is 5.92 Å². The molecule has 1 unspecified atom stereocenters. The highest BCUT2D eigenvalue weighted by molar-refractivity contribution is 7.91. The molecule has 1 aromatic carbocycles. The smallest absolute Gasteiger partial charge is 0.341 e. The number of nitrogens with two attached hydrogens (primary N) is 1. The van der Waals surface area contributed by atoms with E-state index in [9.17, 15) is 22.0 Å². The van der Waals surface area contributed by atoms with Gasteiger partial charge in [-0.05, 0) is 43.4 Å². The van der Waals surface area contributed by atoms with Crippen LogP contribution in [0.5, 0.6) is 0 Å². The van der Waals surface area contributed by atoms with Crippen LogP contribution in [-0.4, -0.2) is 44.1 Å². The van der Waals surface area contributed by atoms with Crippen molar-refractivity contribution in [3.63, 3.8) is 0 Å². The Morgan fingerprint density at radius 1 is 1.25 bits per heavy atom. The number of benzene rings is 1. The number of rotatable bonds is 5. The van der Waals surface area contributed by atoms with Gasteiger partial charge in [0.1, 0.15) is 0 Å². The Balaban J connectivity index is 1.96. The molecule has 0 aromatic heterocycles. The predicted octanol–water partition coefficient (Wildman–Crippen LogP) is 1.81. The summed E-state index contributed by atoms with van der Waals surface area (Å²) >= 11 is 0. The van der Waals surface area contributed by atoms with Crippen LogP contribution in [0.25, 0.3) is 0 Å². The minimum absolute atomic E-state index is 0.0532. The molecule has 1 aliphatic heterocycles. The number of carbonyl (C=O) groups excluding carboxylic acids is 1. The molecule has 24 heavy (non-hydrogen) atoms. The van der Waals surface area contributed by atoms with E-state index in [1.807, 2.05) is 6.92 Å². The Bertz CT molecular complexity index is 667. The zero-order valence-corrected chi connectivity index (χ0v) is 14.3. The summed E-state index contributed by atoms with van der Waals surface area (Å²) in [5, 5.41) is 0. The van der Waals surface area contributed by atoms with Crippen LogP contribution in [0.2, 0.25) is 0 Å². The van der Waals surface area contributed by atoms with Gasteiger partial charge in [0, 0.05) is 19.1 Å². The van der Waals surface area contributed by atoms with E-state index in [1.54, 1.807) is 4.90 Å². The fraction of sp³-hybridized carbons (Fsp3) is 0.562. The largest absolute Gasteiger partial charge is 0.342 e. The van der Waals surface area contributed by atoms with Crippen molar-refractivity contribution in [2.24, 2.45) is 11.7 Å². The third-order valence-corrected chi connectivity index (χ3v) is 5.88. The highest BCUT2D eigenvalue weighted by Gasteiger charge is 2.27. The number of carbonyl (C=O) groups is 1. The molecule has 1 aromatic rings. The zero-order chi connectivity index (χ0) is 17.9. The number of nitrogens with zero attached hydrogens (tertiary/aromatic N) is 1. The molecule has 0 radical (unpaired) electrons. The molecule has 2 N–H and O–H groups in total. The average molecular weight is 360 g/mol. The molecule has 5 nitrogen and oxygen atoms in total. The van der Waals surface area contributed by atoms with Gasteiger partial charge in [0.15, 0.2) is 0 Å². The number of piperidine rings is 1. The van der Waals surface area contributed by atoms with Crippen molar-refractivity contribution in [1.29, 1.82) is 0 Å². The fourth-order valence-corrected chi connectivity index (χ4v) is 3.58. The molecule has 1 amide bonds. The van der Waals surface area contributed by atoms with Crippen LogP contribution < -0.4 is 5.73 Å². The van der Waals surface area contributed by atoms with Crippen LogP contribution in [0.4, 0.5) is 8.78 Å². The van der Waals surface area contributed by atoms with E-state index in [0.29, 0.717) is 24.6 Å². The first kappa shape index (κ1) is 18.8. The Hall–Kier alpha value is -1.54. The normalized spacial score (nSPS) is 18.0. The van der Waals surface area contributed by atoms with Crippen LogP contribution in [0.15, 0.2) is 29.2 Å². The molecule has 0 bridgehead atoms. The van der Waals surface area contributed by atoms with Gasteiger partial charge in [0.25, 0.3) is 0 Å². The standard InChI is InChI=1S/C16H22F2N2O3S/c1-11(19)13-6-8-20(9-7-13)15(21)10-12-2-4-14(5-3-12)24(22,23)16(17)18/h2-5,11,13,16H,6-10,19H2,1H3. The monoisotopic (exact) mass is 360 g/mol. The Labute approximate surface area is 140 Å². The van der Waals surface area contributed by atoms with Crippen molar-refractivity contribution in [1.82, 2.24) is 4.90 Å². The van der Waals surface area contributed by atoms with Gasteiger partial charge in [-0.1, -0.05) is 12.1 Å². The quantitative estimate of drug-likeness (QED) is 0.868. The molecule has 0 saturated carbocycles. The average Bonchev–Trinajstić information content (AvgIpc) is 2.55. The number of hydrogen-bond donors (Lipinski definition) is 1. The van der Waals surface area contributed by atoms with Gasteiger partial charge >= 0.3 is 5.76 Å². The third kappa shape index (κ3) is 4.30. The number of hydrogen-bond acceptors (Lipinski definition) is 4. The van der Waals surface area contributed by atoms with Crippen molar-refractivity contribution in [3.8, 4) is 0 Å². The van der Waals surface area contributed by atoms with E-state index < -0.39 is 20.5 Å². The van der Waals surface area contributed by atoms with E-state index >= 15 is 0 Å². The molecular formula is C16H22F2N2O3S. The Morgan fingerprint density at radius 3 is 2.25 bits per heavy atom. The van der Waals surface area contributed by atoms with Crippen molar-refractivity contribution in [3.05, 3.63) is 29.8 Å². The topological polar surface area (TPSA) is 80.5 Å². The maximum absolute atomic E-state index is 12.5. The molecular weight excluding hydrogens is 338 g/mol. The summed E-state index contributed by atoms with van der Waals surface area (Å²) in [6.45, 7) is 3.28. The predicted molar refractivity (Wildman–Crippen MR) is 86.3 cm³/mol. The lowest BCUT2D eigenvalue weighted by atomic mass is 9.91. The lowest BCUT2D eigenvalue weighted by Gasteiger charge is -2.33. The summed E-state index contributed by atoms with van der Waals surface area (Å²) in [6.07, 6.45) is 1.86. The molecule has 134 valence electrons. The third-order valence-electron chi connectivity index (χ3n) is 4.48. The SMILES string of the molecule is CC(N)C1CCN(C(=O)Cc2ccc(S(=O)(=O)C(F)F)cc2)CC1. The van der Waals surface area contributed by atoms with Crippen LogP contribution in [0.3, 0.4) is 0 Å². The second-order valence-corrected chi connectivity index (χ2v) is 8.12. The van der Waals surface area contributed by atoms with E-state index in [1.165, 1.54) is 12.1 Å². The first-order valence-electron chi connectivity index (χ1n) is 7.86. The maximum atomic E-state index is 12.5. The van der Waals surface area contributed by atoms with E-state index in [4.69, 9.17) is 5.73 Å². The van der Waals surface area contributed by atoms with Crippen molar-refractivity contribution in [2.75, 3.05) is 13.1 Å². The van der Waals surface area contributed by atoms with Crippen LogP contribution >= 0.6 is 0 Å². The van der Waals surface area contributed by atoms with Crippen molar-refractivity contribution in [2.45, 2.75) is 42.9 Å². The highest BCUT2D eigenvalue weighted by atomic mass is 32.2. The Kier molecular flexibility index (Phi) is 5.92. The first-order chi connectivity index (χ1) is 11.2. The summed E-state index contributed by atoms with van der Waals surface area (Å²) in [5.74, 6) is -3.08. The van der Waals surface area contributed by atoms with Gasteiger partial charge in [0.2, 0.25) is 15.7 Å². The Morgan fingerprint density at radius 2 is 1.79 bits per heavy atom. The molecule has 1 fully saturated rings. The zero-order valence-electron chi connectivity index (χ0n) is 13.5. The van der Waals surface area contributed by atoms with Crippen LogP contribution in [0.1, 0.15) is 25.3 Å². The summed E-state index contributed by atoms with van der Waals surface area (Å²) in [5.41, 5.74) is 6.48. The summed E-state index contributed by atoms with van der Waals surface area (Å²) in [7, 11) is -4.60. The number of amides is 1. The van der Waals surface area contributed by atoms with Gasteiger partial charge in [-0.15, -0.1) is 0 Å². The van der Waals surface area contributed by atoms with Crippen molar-refractivity contribution >= 4 is 15.7 Å². The summed E-state index contributed by atoms with van der Waals surface area (Å²) in [6, 6.07) is 5.16. The van der Waals surface area contributed by atoms with Gasteiger partial charge in [-0.3, -0.25) is 4.79 Å². The van der Waals surface area contributed by atoms with E-state index in [2.05, 4.69) is 0 Å². The van der Waals surface area contributed by atoms with E-state index in [0.717, 1.165) is 25.0 Å². The second kappa shape index (κ2) is 7.57. The van der Waals surface area contributed by atoms with Gasteiger partial charge < -0.3 is 10.6 Å².